The van der Waals surface area contributed by atoms with Crippen molar-refractivity contribution >= 4 is 23.2 Å². The number of carbonyl (C=O) groups excluding carboxylic acids is 1. The number of H-pyrrole nitrogens is 1. The molecule has 1 unspecified atom stereocenters. The van der Waals surface area contributed by atoms with E-state index in [1.54, 1.807) is 6.07 Å². The second-order valence-corrected chi connectivity index (χ2v) is 9.93. The van der Waals surface area contributed by atoms with Crippen molar-refractivity contribution in [2.24, 2.45) is 5.92 Å². The van der Waals surface area contributed by atoms with Crippen molar-refractivity contribution in [3.63, 3.8) is 0 Å². The van der Waals surface area contributed by atoms with Crippen LogP contribution in [0.2, 0.25) is 0 Å². The van der Waals surface area contributed by atoms with E-state index in [0.29, 0.717) is 5.57 Å². The summed E-state index contributed by atoms with van der Waals surface area (Å²) in [4.78, 5) is 19.1. The zero-order valence-corrected chi connectivity index (χ0v) is 19.4. The zero-order chi connectivity index (χ0) is 23.1. The Labute approximate surface area is 199 Å². The van der Waals surface area contributed by atoms with E-state index in [9.17, 15) is 9.18 Å². The first-order valence-corrected chi connectivity index (χ1v) is 12.5. The molecule has 2 aliphatic heterocycles. The molecule has 2 aromatic carbocycles. The Morgan fingerprint density at radius 3 is 2.79 bits per heavy atom. The second-order valence-electron chi connectivity index (χ2n) is 9.93. The lowest BCUT2D eigenvalue weighted by Crippen LogP contribution is -2.24. The fourth-order valence-electron chi connectivity index (χ4n) is 5.87. The van der Waals surface area contributed by atoms with E-state index in [2.05, 4.69) is 21.3 Å². The van der Waals surface area contributed by atoms with Crippen molar-refractivity contribution in [1.82, 2.24) is 9.88 Å². The number of benzene rings is 2. The minimum Gasteiger partial charge on any atom is -0.359 e. The Kier molecular flexibility index (Phi) is 5.58. The maximum atomic E-state index is 13.9. The van der Waals surface area contributed by atoms with Crippen LogP contribution in [0.1, 0.15) is 48.2 Å². The highest BCUT2D eigenvalue weighted by Crippen LogP contribution is 2.41. The average Bonchev–Trinajstić information content (AvgIpc) is 3.56. The first kappa shape index (κ1) is 21.4. The molecule has 0 saturated carbocycles. The van der Waals surface area contributed by atoms with Gasteiger partial charge in [0, 0.05) is 22.6 Å². The van der Waals surface area contributed by atoms with E-state index in [0.717, 1.165) is 46.8 Å². The molecule has 5 heteroatoms. The summed E-state index contributed by atoms with van der Waals surface area (Å²) in [5.74, 6) is 0.337. The number of aromatic nitrogens is 1. The highest BCUT2D eigenvalue weighted by Gasteiger charge is 2.28. The van der Waals surface area contributed by atoms with Gasteiger partial charge in [-0.15, -0.1) is 0 Å². The number of hydrogen-bond acceptors (Lipinski definition) is 2. The summed E-state index contributed by atoms with van der Waals surface area (Å²) in [5.41, 5.74) is 7.54. The summed E-state index contributed by atoms with van der Waals surface area (Å²) < 4.78 is 13.9. The number of fused-ring (bicyclic) bond motifs is 2. The van der Waals surface area contributed by atoms with Gasteiger partial charge in [0.25, 0.3) is 5.91 Å². The van der Waals surface area contributed by atoms with Crippen LogP contribution in [0, 0.1) is 11.7 Å². The van der Waals surface area contributed by atoms with Crippen molar-refractivity contribution in [3.8, 4) is 11.1 Å². The topological polar surface area (TPSA) is 48.1 Å². The molecule has 6 rings (SSSR count). The number of carbonyl (C=O) groups is 1. The number of hydrogen-bond donors (Lipinski definition) is 2. The molecule has 0 spiro atoms. The molecule has 0 radical (unpaired) electrons. The predicted molar refractivity (Wildman–Crippen MR) is 135 cm³/mol. The van der Waals surface area contributed by atoms with Gasteiger partial charge in [0.2, 0.25) is 0 Å². The standard InChI is InChI=1S/C29H30FN3O/c30-22-6-3-5-20(16-22)24-7-4-8-27-28(24)25(29(34)32-27)18-23-17-21-15-19(9-10-26(21)31-23)11-14-33-12-1-2-13-33/h3-8,16-19,31H,1-2,9-15H2,(H,32,34)/b25-18-. The number of aryl methyl sites for hydroxylation is 1. The van der Waals surface area contributed by atoms with Gasteiger partial charge in [0.15, 0.2) is 0 Å². The van der Waals surface area contributed by atoms with E-state index >= 15 is 0 Å². The monoisotopic (exact) mass is 455 g/mol. The van der Waals surface area contributed by atoms with Gasteiger partial charge in [0.1, 0.15) is 5.82 Å². The zero-order valence-electron chi connectivity index (χ0n) is 19.4. The largest absolute Gasteiger partial charge is 0.359 e. The van der Waals surface area contributed by atoms with Gasteiger partial charge >= 0.3 is 0 Å². The number of likely N-dealkylation sites (tertiary alicyclic amines) is 1. The Bertz CT molecular complexity index is 1270. The molecule has 1 saturated heterocycles. The summed E-state index contributed by atoms with van der Waals surface area (Å²) in [6.07, 6.45) is 9.34. The molecular weight excluding hydrogens is 425 g/mol. The summed E-state index contributed by atoms with van der Waals surface area (Å²) >= 11 is 0. The Hall–Kier alpha value is -3.18. The molecule has 4 nitrogen and oxygen atoms in total. The van der Waals surface area contributed by atoms with Crippen LogP contribution in [-0.2, 0) is 17.6 Å². The molecule has 174 valence electrons. The van der Waals surface area contributed by atoms with Crippen LogP contribution in [0.15, 0.2) is 48.5 Å². The van der Waals surface area contributed by atoms with Crippen LogP contribution >= 0.6 is 0 Å². The highest BCUT2D eigenvalue weighted by molar-refractivity contribution is 6.36. The van der Waals surface area contributed by atoms with E-state index < -0.39 is 0 Å². The molecule has 3 aliphatic rings. The predicted octanol–water partition coefficient (Wildman–Crippen LogP) is 5.90. The third kappa shape index (κ3) is 4.09. The number of halogens is 1. The van der Waals surface area contributed by atoms with Crippen LogP contribution in [0.5, 0.6) is 0 Å². The van der Waals surface area contributed by atoms with Gasteiger partial charge in [-0.3, -0.25) is 4.79 Å². The Morgan fingerprint density at radius 1 is 1.09 bits per heavy atom. The van der Waals surface area contributed by atoms with Crippen molar-refractivity contribution in [3.05, 3.63) is 76.9 Å². The fourth-order valence-corrected chi connectivity index (χ4v) is 5.87. The van der Waals surface area contributed by atoms with Crippen molar-refractivity contribution in [1.29, 1.82) is 0 Å². The van der Waals surface area contributed by atoms with Crippen LogP contribution in [0.4, 0.5) is 10.1 Å². The van der Waals surface area contributed by atoms with Gasteiger partial charge in [-0.05, 0) is 111 Å². The number of nitrogens with zero attached hydrogens (tertiary/aromatic N) is 1. The van der Waals surface area contributed by atoms with Crippen LogP contribution in [-0.4, -0.2) is 35.4 Å². The minimum absolute atomic E-state index is 0.116. The van der Waals surface area contributed by atoms with Crippen molar-refractivity contribution < 1.29 is 9.18 Å². The van der Waals surface area contributed by atoms with E-state index in [-0.39, 0.29) is 11.7 Å². The van der Waals surface area contributed by atoms with Gasteiger partial charge < -0.3 is 15.2 Å². The summed E-state index contributed by atoms with van der Waals surface area (Å²) in [6.45, 7) is 3.75. The maximum Gasteiger partial charge on any atom is 0.256 e. The first-order valence-electron chi connectivity index (χ1n) is 12.5. The van der Waals surface area contributed by atoms with Gasteiger partial charge in [-0.1, -0.05) is 24.3 Å². The normalized spacial score (nSPS) is 21.0. The van der Waals surface area contributed by atoms with Crippen molar-refractivity contribution in [2.75, 3.05) is 25.0 Å². The first-order chi connectivity index (χ1) is 16.6. The Balaban J connectivity index is 1.27. The lowest BCUT2D eigenvalue weighted by atomic mass is 9.85. The van der Waals surface area contributed by atoms with E-state index in [4.69, 9.17) is 0 Å². The van der Waals surface area contributed by atoms with E-state index in [1.807, 2.05) is 30.3 Å². The lowest BCUT2D eigenvalue weighted by molar-refractivity contribution is -0.110. The number of anilines is 1. The van der Waals surface area contributed by atoms with Gasteiger partial charge in [-0.25, -0.2) is 4.39 Å². The summed E-state index contributed by atoms with van der Waals surface area (Å²) in [5, 5.41) is 2.99. The van der Waals surface area contributed by atoms with Crippen LogP contribution in [0.3, 0.4) is 0 Å². The fraction of sp³-hybridized carbons (Fsp3) is 0.345. The second kappa shape index (κ2) is 8.88. The highest BCUT2D eigenvalue weighted by atomic mass is 19.1. The van der Waals surface area contributed by atoms with Crippen LogP contribution in [0.25, 0.3) is 22.8 Å². The molecule has 3 heterocycles. The van der Waals surface area contributed by atoms with Gasteiger partial charge in [0.05, 0.1) is 5.57 Å². The quantitative estimate of drug-likeness (QED) is 0.470. The smallest absolute Gasteiger partial charge is 0.256 e. The lowest BCUT2D eigenvalue weighted by Gasteiger charge is -2.24. The molecule has 1 aromatic heterocycles. The van der Waals surface area contributed by atoms with Crippen molar-refractivity contribution in [2.45, 2.75) is 38.5 Å². The Morgan fingerprint density at radius 2 is 1.94 bits per heavy atom. The third-order valence-corrected chi connectivity index (χ3v) is 7.64. The third-order valence-electron chi connectivity index (χ3n) is 7.64. The molecule has 2 N–H and O–H groups in total. The SMILES string of the molecule is O=C1Nc2cccc(-c3cccc(F)c3)c2/C1=C/c1cc2c([nH]1)CCC(CCN1CCCC1)C2. The minimum atomic E-state index is -0.283. The molecular formula is C29H30FN3O. The summed E-state index contributed by atoms with van der Waals surface area (Å²) in [6, 6.07) is 14.5. The number of rotatable bonds is 5. The van der Waals surface area contributed by atoms with Gasteiger partial charge in [-0.2, -0.15) is 0 Å². The molecule has 1 atom stereocenters. The molecule has 1 fully saturated rings. The molecule has 3 aromatic rings. The molecule has 34 heavy (non-hydrogen) atoms. The molecule has 1 aliphatic carbocycles. The molecule has 0 bridgehead atoms. The number of amides is 1. The van der Waals surface area contributed by atoms with E-state index in [1.165, 1.54) is 68.7 Å². The number of nitrogens with one attached hydrogen (secondary N) is 2. The van der Waals surface area contributed by atoms with Crippen LogP contribution < -0.4 is 5.32 Å². The maximum absolute atomic E-state index is 13.9. The summed E-state index contributed by atoms with van der Waals surface area (Å²) in [7, 11) is 0. The molecule has 1 amide bonds. The number of aromatic amines is 1. The average molecular weight is 456 g/mol.